The molecule has 1 atom stereocenters. The Labute approximate surface area is 168 Å². The molecule has 1 aliphatic heterocycles. The second kappa shape index (κ2) is 8.83. The number of hydrogen-bond donors (Lipinski definition) is 2. The van der Waals surface area contributed by atoms with Crippen LogP contribution in [0.5, 0.6) is 0 Å². The Morgan fingerprint density at radius 2 is 1.55 bits per heavy atom. The summed E-state index contributed by atoms with van der Waals surface area (Å²) in [5, 5.41) is 0. The van der Waals surface area contributed by atoms with Crippen LogP contribution in [0.3, 0.4) is 0 Å². The summed E-state index contributed by atoms with van der Waals surface area (Å²) in [6.45, 7) is 3.59. The highest BCUT2D eigenvalue weighted by atomic mass is 32.2. The standard InChI is InChI=1S/C19H20F3N3O3S/c1-12(14-10-16(20)18(22)17(21)11-14)24-6-8-25(9-7-24)19(26)13-2-4-15(5-3-13)23-29(27)28/h2-5,10-12,29H,6-9H2,1H3,(H,23,27,28). The average molecular weight is 427 g/mol. The molecule has 1 heterocycles. The first-order valence-electron chi connectivity index (χ1n) is 8.95. The number of amides is 1. The molecule has 0 spiro atoms. The van der Waals surface area contributed by atoms with Crippen LogP contribution in [0.2, 0.25) is 0 Å². The zero-order chi connectivity index (χ0) is 21.1. The quantitative estimate of drug-likeness (QED) is 0.569. The van der Waals surface area contributed by atoms with Crippen LogP contribution >= 0.6 is 0 Å². The molecule has 10 heteroatoms. The molecule has 156 valence electrons. The summed E-state index contributed by atoms with van der Waals surface area (Å²) in [5.74, 6) is -4.12. The van der Waals surface area contributed by atoms with Crippen molar-refractivity contribution >= 4 is 22.5 Å². The van der Waals surface area contributed by atoms with Gasteiger partial charge in [0.1, 0.15) is 0 Å². The second-order valence-electron chi connectivity index (χ2n) is 6.75. The third-order valence-electron chi connectivity index (χ3n) is 4.99. The van der Waals surface area contributed by atoms with E-state index in [9.17, 15) is 26.4 Å². The maximum atomic E-state index is 13.5. The molecule has 1 aliphatic rings. The highest BCUT2D eigenvalue weighted by Gasteiger charge is 2.26. The molecule has 2 aromatic carbocycles. The fourth-order valence-corrected chi connectivity index (χ4v) is 3.67. The maximum absolute atomic E-state index is 13.5. The first-order chi connectivity index (χ1) is 13.8. The average Bonchev–Trinajstić information content (AvgIpc) is 2.71. The molecule has 0 saturated carbocycles. The van der Waals surface area contributed by atoms with Gasteiger partial charge >= 0.3 is 0 Å². The van der Waals surface area contributed by atoms with E-state index in [1.54, 1.807) is 24.0 Å². The monoisotopic (exact) mass is 427 g/mol. The van der Waals surface area contributed by atoms with E-state index < -0.39 is 28.3 Å². The molecule has 1 N–H and O–H groups in total. The Morgan fingerprint density at radius 3 is 2.07 bits per heavy atom. The minimum Gasteiger partial charge on any atom is -0.336 e. The van der Waals surface area contributed by atoms with Crippen LogP contribution in [-0.4, -0.2) is 50.3 Å². The van der Waals surface area contributed by atoms with Crippen molar-refractivity contribution in [1.82, 2.24) is 9.80 Å². The van der Waals surface area contributed by atoms with Crippen molar-refractivity contribution in [3.8, 4) is 0 Å². The van der Waals surface area contributed by atoms with Gasteiger partial charge in [0.15, 0.2) is 17.5 Å². The summed E-state index contributed by atoms with van der Waals surface area (Å²) in [7, 11) is -2.77. The van der Waals surface area contributed by atoms with E-state index in [-0.39, 0.29) is 11.9 Å². The summed E-state index contributed by atoms with van der Waals surface area (Å²) in [6, 6.07) is 7.75. The Bertz CT molecular complexity index is 943. The lowest BCUT2D eigenvalue weighted by atomic mass is 10.0. The fourth-order valence-electron chi connectivity index (χ4n) is 3.31. The molecule has 1 fully saturated rings. The topological polar surface area (TPSA) is 69.7 Å². The summed E-state index contributed by atoms with van der Waals surface area (Å²) in [4.78, 5) is 16.3. The van der Waals surface area contributed by atoms with Crippen LogP contribution in [0.25, 0.3) is 0 Å². The SMILES string of the molecule is CC(c1cc(F)c(F)c(F)c1)N1CCN(C(=O)c2ccc(N[SH](=O)=O)cc2)CC1. The van der Waals surface area contributed by atoms with E-state index in [2.05, 4.69) is 4.72 Å². The van der Waals surface area contributed by atoms with E-state index in [1.165, 1.54) is 12.1 Å². The number of nitrogens with zero attached hydrogens (tertiary/aromatic N) is 2. The van der Waals surface area contributed by atoms with Gasteiger partial charge in [-0.1, -0.05) is 0 Å². The Hall–Kier alpha value is -2.59. The summed E-state index contributed by atoms with van der Waals surface area (Å²) in [6.07, 6.45) is 0. The van der Waals surface area contributed by atoms with E-state index >= 15 is 0 Å². The number of anilines is 1. The number of carbonyl (C=O) groups is 1. The molecule has 6 nitrogen and oxygen atoms in total. The number of carbonyl (C=O) groups excluding carboxylic acids is 1. The molecule has 3 rings (SSSR count). The van der Waals surface area contributed by atoms with Gasteiger partial charge < -0.3 is 4.90 Å². The number of benzene rings is 2. The van der Waals surface area contributed by atoms with E-state index in [0.717, 1.165) is 12.1 Å². The lowest BCUT2D eigenvalue weighted by Crippen LogP contribution is -2.49. The van der Waals surface area contributed by atoms with Gasteiger partial charge in [0.2, 0.25) is 10.9 Å². The third-order valence-corrected chi connectivity index (χ3v) is 5.43. The number of rotatable bonds is 5. The predicted molar refractivity (Wildman–Crippen MR) is 103 cm³/mol. The number of piperazine rings is 1. The minimum atomic E-state index is -2.77. The van der Waals surface area contributed by atoms with Gasteiger partial charge in [-0.15, -0.1) is 0 Å². The van der Waals surface area contributed by atoms with Gasteiger partial charge in [0.25, 0.3) is 5.91 Å². The highest BCUT2D eigenvalue weighted by molar-refractivity contribution is 7.73. The van der Waals surface area contributed by atoms with Crippen molar-refractivity contribution < 1.29 is 26.4 Å². The van der Waals surface area contributed by atoms with Gasteiger partial charge in [-0.3, -0.25) is 14.4 Å². The van der Waals surface area contributed by atoms with E-state index in [1.807, 2.05) is 4.90 Å². The van der Waals surface area contributed by atoms with Crippen LogP contribution in [-0.2, 0) is 10.9 Å². The van der Waals surface area contributed by atoms with Crippen molar-refractivity contribution in [3.05, 3.63) is 65.0 Å². The van der Waals surface area contributed by atoms with Crippen LogP contribution in [0.15, 0.2) is 36.4 Å². The van der Waals surface area contributed by atoms with Gasteiger partial charge in [-0.2, -0.15) is 0 Å². The molecule has 0 aromatic heterocycles. The Kier molecular flexibility index (Phi) is 6.43. The summed E-state index contributed by atoms with van der Waals surface area (Å²) >= 11 is 0. The van der Waals surface area contributed by atoms with E-state index in [0.29, 0.717) is 43.0 Å². The first kappa shape index (κ1) is 21.1. The summed E-state index contributed by atoms with van der Waals surface area (Å²) in [5.41, 5.74) is 1.14. The lowest BCUT2D eigenvalue weighted by molar-refractivity contribution is 0.0581. The molecule has 1 saturated heterocycles. The fraction of sp³-hybridized carbons (Fsp3) is 0.316. The van der Waals surface area contributed by atoms with Crippen LogP contribution < -0.4 is 4.72 Å². The number of hydrogen-bond acceptors (Lipinski definition) is 4. The van der Waals surface area contributed by atoms with Crippen LogP contribution in [0, 0.1) is 17.5 Å². The molecule has 2 aromatic rings. The zero-order valence-electron chi connectivity index (χ0n) is 15.6. The molecule has 0 radical (unpaired) electrons. The smallest absolute Gasteiger partial charge is 0.253 e. The maximum Gasteiger partial charge on any atom is 0.253 e. The second-order valence-corrected chi connectivity index (χ2v) is 7.49. The third kappa shape index (κ3) is 4.88. The van der Waals surface area contributed by atoms with Crippen molar-refractivity contribution in [2.45, 2.75) is 13.0 Å². The van der Waals surface area contributed by atoms with Crippen LogP contribution in [0.1, 0.15) is 28.9 Å². The van der Waals surface area contributed by atoms with Gasteiger partial charge in [-0.25, -0.2) is 21.6 Å². The predicted octanol–water partition coefficient (Wildman–Crippen LogP) is 2.56. The molecule has 0 aliphatic carbocycles. The van der Waals surface area contributed by atoms with Crippen molar-refractivity contribution in [2.75, 3.05) is 30.9 Å². The highest BCUT2D eigenvalue weighted by Crippen LogP contribution is 2.25. The lowest BCUT2D eigenvalue weighted by Gasteiger charge is -2.38. The number of nitrogens with one attached hydrogen (secondary N) is 1. The molecule has 1 unspecified atom stereocenters. The molecule has 29 heavy (non-hydrogen) atoms. The summed E-state index contributed by atoms with van der Waals surface area (Å²) < 4.78 is 63.7. The van der Waals surface area contributed by atoms with Gasteiger partial charge in [0, 0.05) is 43.5 Å². The van der Waals surface area contributed by atoms with Gasteiger partial charge in [-0.05, 0) is 48.9 Å². The number of thiol groups is 1. The molecular formula is C19H20F3N3O3S. The Balaban J connectivity index is 1.61. The van der Waals surface area contributed by atoms with Gasteiger partial charge in [0.05, 0.1) is 0 Å². The minimum absolute atomic E-state index is 0.186. The zero-order valence-corrected chi connectivity index (χ0v) is 16.5. The van der Waals surface area contributed by atoms with Crippen LogP contribution in [0.4, 0.5) is 18.9 Å². The normalized spacial score (nSPS) is 16.1. The molecule has 1 amide bonds. The molecule has 0 bridgehead atoms. The van der Waals surface area contributed by atoms with Crippen molar-refractivity contribution in [2.24, 2.45) is 0 Å². The largest absolute Gasteiger partial charge is 0.336 e. The van der Waals surface area contributed by atoms with Crippen molar-refractivity contribution in [1.29, 1.82) is 0 Å². The van der Waals surface area contributed by atoms with Crippen molar-refractivity contribution in [3.63, 3.8) is 0 Å². The van der Waals surface area contributed by atoms with E-state index in [4.69, 9.17) is 0 Å². The molecular weight excluding hydrogens is 407 g/mol. The first-order valence-corrected chi connectivity index (χ1v) is 10.1. The Morgan fingerprint density at radius 1 is 1.00 bits per heavy atom. The number of halogens is 3.